The lowest BCUT2D eigenvalue weighted by atomic mass is 9.97. The molecule has 5 atom stereocenters. The van der Waals surface area contributed by atoms with Gasteiger partial charge in [-0.1, -0.05) is 139 Å². The van der Waals surface area contributed by atoms with Gasteiger partial charge in [0.25, 0.3) is 37.8 Å². The van der Waals surface area contributed by atoms with Gasteiger partial charge in [-0.25, -0.2) is 59.4 Å². The maximum Gasteiger partial charge on any atom is 0.375 e. The van der Waals surface area contributed by atoms with Crippen LogP contribution >= 0.6 is 22.7 Å². The van der Waals surface area contributed by atoms with Crippen molar-refractivity contribution in [2.24, 2.45) is 27.9 Å². The Morgan fingerprint density at radius 1 is 0.556 bits per heavy atom. The van der Waals surface area contributed by atoms with Gasteiger partial charge >= 0.3 is 47.1 Å². The molecule has 3 amide bonds. The largest absolute Gasteiger partial charge is 0.480 e. The molecule has 2 fully saturated rings. The number of carbonyl (C=O) groups excluding carboxylic acids is 11. The maximum atomic E-state index is 14.5. The lowest BCUT2D eigenvalue weighted by Crippen LogP contribution is -2.57. The molecule has 6 aliphatic rings. The van der Waals surface area contributed by atoms with Crippen molar-refractivity contribution in [1.82, 2.24) is 23.6 Å². The highest BCUT2D eigenvalue weighted by Gasteiger charge is 2.67. The maximum absolute atomic E-state index is 14.5. The lowest BCUT2D eigenvalue weighted by molar-refractivity contribution is -0.263. The van der Waals surface area contributed by atoms with Gasteiger partial charge in [0.05, 0.1) is 40.1 Å². The number of benzene rings is 6. The number of thiazole rings is 2. The number of carboxylic acid groups (broad SMARTS) is 1. The molecule has 706 valence electrons. The average molecular weight is 1910 g/mol. The standard InChI is InChI=1S/C47H48N4O15S2.C26H19NO9S.C18H29N3O5S.CH4/c1-26-48-31(25-67-26)37(49-66-45(8,9)41(56)64-43(2,3)4)33(52)20-27-24-60-51(38(27)53)46(42(57)65-44(5,6)7)23-32(40(55)63-46)50-39(54)30-21-34-35(22-36(30)68(50,58)59)62-47(61-34,28-16-12-10-13-17-28)29-18-14-11-15-19-29;1-15(28)20(29)13-19(25(31)32)27-24(30)18-12-21-22(14-23(18)37(27,33)34)36-26(35-21,16-8-4-2-5-9-16)17-10-6-3-7-11-17;1-11-20-13(10-27-11)15(14(23)7-12(8-19)9-22)21-26-18(5,6)16(24)25-17(2,3)4;/h10-19,21-22,25,27,32H,20,23-24H2,1-9H3;2-12,14,19H,13H2,1H3,(H,31,32);10,12,22H,7-9,19H2,1-6H3;1H4/b49-37-;;21-15-;/t27-,32-,46?;19-;12-;/m001./s1. The van der Waals surface area contributed by atoms with Gasteiger partial charge in [-0.15, -0.1) is 22.7 Å². The van der Waals surface area contributed by atoms with Crippen LogP contribution < -0.4 is 24.7 Å². The number of aliphatic hydroxyl groups is 1. The number of fused-ring (bicyclic) bond motifs is 4. The van der Waals surface area contributed by atoms with E-state index in [9.17, 15) is 84.6 Å². The molecule has 37 nitrogen and oxygen atoms in total. The van der Waals surface area contributed by atoms with Gasteiger partial charge in [0.15, 0.2) is 63.9 Å². The molecule has 2 saturated heterocycles. The zero-order valence-corrected chi connectivity index (χ0v) is 77.8. The smallest absolute Gasteiger partial charge is 0.375 e. The number of rotatable bonds is 28. The van der Waals surface area contributed by atoms with Gasteiger partial charge in [0, 0.05) is 83.9 Å². The van der Waals surface area contributed by atoms with E-state index in [1.807, 2.05) is 24.3 Å². The third kappa shape index (κ3) is 20.9. The molecule has 0 radical (unpaired) electrons. The van der Waals surface area contributed by atoms with E-state index < -0.39 is 184 Å². The number of esters is 4. The fourth-order valence-corrected chi connectivity index (χ4v) is 18.6. The minimum Gasteiger partial charge on any atom is -0.480 e. The highest BCUT2D eigenvalue weighted by Crippen LogP contribution is 2.54. The van der Waals surface area contributed by atoms with Gasteiger partial charge in [0.1, 0.15) is 38.0 Å². The van der Waals surface area contributed by atoms with Crippen LogP contribution in [0.2, 0.25) is 0 Å². The number of aliphatic hydroxyl groups excluding tert-OH is 1. The molecule has 41 heteroatoms. The van der Waals surface area contributed by atoms with Crippen molar-refractivity contribution < 1.29 is 137 Å². The van der Waals surface area contributed by atoms with Crippen molar-refractivity contribution in [3.05, 3.63) is 211 Å². The van der Waals surface area contributed by atoms with E-state index in [0.29, 0.717) is 42.3 Å². The summed E-state index contributed by atoms with van der Waals surface area (Å²) in [5.74, 6) is -17.0. The van der Waals surface area contributed by atoms with Crippen LogP contribution in [0.3, 0.4) is 0 Å². The van der Waals surface area contributed by atoms with E-state index >= 15 is 0 Å². The second-order valence-corrected chi connectivity index (χ2v) is 40.8. The molecule has 0 saturated carbocycles. The van der Waals surface area contributed by atoms with E-state index in [1.54, 1.807) is 158 Å². The molecule has 8 aromatic rings. The van der Waals surface area contributed by atoms with Gasteiger partial charge in [-0.2, -0.15) is 5.06 Å². The lowest BCUT2D eigenvalue weighted by Gasteiger charge is -2.35. The number of ether oxygens (including phenoxy) is 8. The van der Waals surface area contributed by atoms with Gasteiger partial charge in [-0.3, -0.25) is 38.4 Å². The summed E-state index contributed by atoms with van der Waals surface area (Å²) in [4.78, 5) is 182. The number of hydrogen-bond donors (Lipinski definition) is 3. The molecule has 1 unspecified atom stereocenters. The minimum absolute atomic E-state index is 0. The number of aryl methyl sites for hydroxylation is 2. The first kappa shape index (κ1) is 100. The van der Waals surface area contributed by atoms with Crippen LogP contribution in [-0.4, -0.2) is 198 Å². The van der Waals surface area contributed by atoms with Crippen molar-refractivity contribution in [1.29, 1.82) is 0 Å². The summed E-state index contributed by atoms with van der Waals surface area (Å²) in [6, 6.07) is 36.2. The zero-order chi connectivity index (χ0) is 96.7. The molecule has 6 aromatic carbocycles. The Morgan fingerprint density at radius 3 is 1.33 bits per heavy atom. The Balaban J connectivity index is 0.000000219. The zero-order valence-electron chi connectivity index (χ0n) is 74.5. The number of Topliss-reactive ketones (excluding diaryl/α,β-unsaturated/α-hetero) is 4. The Hall–Kier alpha value is -13.1. The van der Waals surface area contributed by atoms with E-state index in [0.717, 1.165) is 24.1 Å². The molecular weight excluding hydrogens is 1810 g/mol. The Labute approximate surface area is 773 Å². The molecule has 8 heterocycles. The summed E-state index contributed by atoms with van der Waals surface area (Å²) in [7, 11) is -9.59. The van der Waals surface area contributed by atoms with Gasteiger partial charge < -0.3 is 63.5 Å². The number of nitrogens with two attached hydrogens (primary N) is 1. The van der Waals surface area contributed by atoms with Crippen LogP contribution in [0.15, 0.2) is 176 Å². The van der Waals surface area contributed by atoms with Crippen molar-refractivity contribution in [3.63, 3.8) is 0 Å². The van der Waals surface area contributed by atoms with Crippen LogP contribution in [0.25, 0.3) is 0 Å². The van der Waals surface area contributed by atoms with Crippen LogP contribution in [0.1, 0.15) is 194 Å². The average Bonchev–Trinajstić information content (AvgIpc) is 1.55. The topological polar surface area (TPSA) is 501 Å². The van der Waals surface area contributed by atoms with Crippen LogP contribution in [0.5, 0.6) is 23.0 Å². The number of sulfonamides is 2. The van der Waals surface area contributed by atoms with Crippen molar-refractivity contribution in [2.75, 3.05) is 19.8 Å². The van der Waals surface area contributed by atoms with Gasteiger partial charge in [0.2, 0.25) is 17.0 Å². The van der Waals surface area contributed by atoms with Crippen LogP contribution in [0, 0.1) is 25.7 Å². The van der Waals surface area contributed by atoms with E-state index in [-0.39, 0.29) is 94.2 Å². The number of ketones is 4. The molecular formula is C92H100N8O29S4. The minimum atomic E-state index is -4.89. The van der Waals surface area contributed by atoms with E-state index in [2.05, 4.69) is 20.3 Å². The normalized spacial score (nSPS) is 18.9. The summed E-state index contributed by atoms with van der Waals surface area (Å²) in [5.41, 5.74) is -1.29. The number of nitrogens with zero attached hydrogens (tertiary/aromatic N) is 7. The number of oxime groups is 2. The number of amides is 3. The summed E-state index contributed by atoms with van der Waals surface area (Å²) in [6.45, 7) is 24.4. The fraction of sp³-hybridized carbons (Fsp3) is 0.391. The van der Waals surface area contributed by atoms with Crippen LogP contribution in [-0.2, 0) is 113 Å². The third-order valence-corrected chi connectivity index (χ3v) is 25.8. The quantitative estimate of drug-likeness (QED) is 0.0135. The van der Waals surface area contributed by atoms with Crippen molar-refractivity contribution in [2.45, 2.75) is 211 Å². The van der Waals surface area contributed by atoms with Crippen molar-refractivity contribution >= 4 is 125 Å². The molecule has 14 rings (SSSR count). The molecule has 133 heavy (non-hydrogen) atoms. The molecule has 4 N–H and O–H groups in total. The Morgan fingerprint density at radius 2 is 0.955 bits per heavy atom. The number of aliphatic carboxylic acids is 1. The van der Waals surface area contributed by atoms with E-state index in [4.69, 9.17) is 58.1 Å². The number of carboxylic acids is 1. The first-order chi connectivity index (χ1) is 61.7. The SMILES string of the molecule is C.CC(=O)C(=O)C[C@@H](C(=O)O)N1C(=O)c2cc3c(cc2S1(=O)=O)OC(c1ccccc1)(c1ccccc1)O3.Cc1nc(/C(=N/OC(C)(C)C(=O)OC(C)(C)C)C(=O)C[C@H](CN)CO)cs1.Cc1nc(/C(=N/OC(C)(C)C(=O)OC(C)(C)C)C(=O)C[C@H]2CON(C3(C(=O)OC(C)(C)C)C[C@H](N4C(=O)c5cc6c(cc5S4(=O)=O)OC(c4ccccc4)(c4ccccc4)O6)C(=O)O3)C2=O)cs1. The number of aromatic nitrogens is 2. The van der Waals surface area contributed by atoms with Crippen LogP contribution in [0.4, 0.5) is 0 Å². The highest BCUT2D eigenvalue weighted by molar-refractivity contribution is 7.90. The van der Waals surface area contributed by atoms with Gasteiger partial charge in [-0.05, 0) is 123 Å². The highest BCUT2D eigenvalue weighted by atomic mass is 32.2. The third-order valence-electron chi connectivity index (χ3n) is 20.6. The number of carbonyl (C=O) groups is 12. The number of hydrogen-bond acceptors (Lipinski definition) is 35. The Bertz CT molecular complexity index is 6140. The molecule has 6 aliphatic heterocycles. The summed E-state index contributed by atoms with van der Waals surface area (Å²) < 4.78 is 103. The number of hydroxylamine groups is 2. The fourth-order valence-electron chi connectivity index (χ4n) is 14.0. The predicted octanol–water partition coefficient (Wildman–Crippen LogP) is 10.5. The second kappa shape index (κ2) is 38.3. The molecule has 2 aromatic heterocycles. The first-order valence-corrected chi connectivity index (χ1v) is 45.8. The Kier molecular flexibility index (Phi) is 28.9. The first-order valence-electron chi connectivity index (χ1n) is 41.1. The monoisotopic (exact) mass is 1910 g/mol. The van der Waals surface area contributed by atoms with E-state index in [1.165, 1.54) is 88.7 Å². The van der Waals surface area contributed by atoms with Crippen molar-refractivity contribution in [3.8, 4) is 23.0 Å². The summed E-state index contributed by atoms with van der Waals surface area (Å²) >= 11 is 2.56. The molecule has 0 bridgehead atoms. The number of cyclic esters (lactones) is 1. The summed E-state index contributed by atoms with van der Waals surface area (Å²) in [5, 5.41) is 31.9. The molecule has 0 aliphatic carbocycles. The molecule has 0 spiro atoms. The summed E-state index contributed by atoms with van der Waals surface area (Å²) in [6.07, 6.45) is -2.55. The predicted molar refractivity (Wildman–Crippen MR) is 475 cm³/mol. The second-order valence-electron chi connectivity index (χ2n) is 35.1.